The highest BCUT2D eigenvalue weighted by Gasteiger charge is 2.18. The zero-order valence-electron chi connectivity index (χ0n) is 18.3. The van der Waals surface area contributed by atoms with Gasteiger partial charge in [0.2, 0.25) is 0 Å². The van der Waals surface area contributed by atoms with E-state index in [0.717, 1.165) is 19.3 Å². The molecule has 0 spiro atoms. The summed E-state index contributed by atoms with van der Waals surface area (Å²) in [4.78, 5) is 26.1. The van der Waals surface area contributed by atoms with E-state index in [-0.39, 0.29) is 11.3 Å². The Bertz CT molecular complexity index is 1110. The number of rotatable bonds is 10. The highest BCUT2D eigenvalue weighted by Crippen LogP contribution is 2.30. The fourth-order valence-corrected chi connectivity index (χ4v) is 3.39. The number of carbonyl (C=O) groups is 1. The third kappa shape index (κ3) is 5.23. The van der Waals surface area contributed by atoms with E-state index >= 15 is 0 Å². The van der Waals surface area contributed by atoms with Gasteiger partial charge in [-0.25, -0.2) is 4.68 Å². The summed E-state index contributed by atoms with van der Waals surface area (Å²) in [6.07, 6.45) is 2.85. The number of nitrogens with one attached hydrogen (secondary N) is 1. The molecule has 0 bridgehead atoms. The molecule has 1 N–H and O–H groups in total. The molecule has 7 nitrogen and oxygen atoms in total. The molecule has 0 unspecified atom stereocenters. The number of aromatic nitrogens is 2. The molecule has 1 aromatic heterocycles. The minimum absolute atomic E-state index is 0.184. The van der Waals surface area contributed by atoms with Crippen LogP contribution in [0.2, 0.25) is 0 Å². The third-order valence-electron chi connectivity index (χ3n) is 4.87. The monoisotopic (exact) mass is 423 g/mol. The van der Waals surface area contributed by atoms with Crippen molar-refractivity contribution in [2.24, 2.45) is 0 Å². The number of unbranched alkanes of at least 4 members (excludes halogenated alkanes) is 2. The number of hydrogen-bond donors (Lipinski definition) is 1. The van der Waals surface area contributed by atoms with Gasteiger partial charge in [-0.05, 0) is 38.5 Å². The van der Waals surface area contributed by atoms with Crippen LogP contribution in [0.4, 0.5) is 5.69 Å². The lowest BCUT2D eigenvalue weighted by atomic mass is 10.1. The van der Waals surface area contributed by atoms with Crippen molar-refractivity contribution in [2.45, 2.75) is 46.6 Å². The number of fused-ring (bicyclic) bond motifs is 1. The van der Waals surface area contributed by atoms with Crippen molar-refractivity contribution in [2.75, 3.05) is 18.5 Å². The van der Waals surface area contributed by atoms with E-state index in [9.17, 15) is 9.59 Å². The van der Waals surface area contributed by atoms with Gasteiger partial charge in [0.05, 0.1) is 24.3 Å². The molecule has 1 heterocycles. The highest BCUT2D eigenvalue weighted by atomic mass is 16.5. The van der Waals surface area contributed by atoms with E-state index in [0.29, 0.717) is 47.7 Å². The van der Waals surface area contributed by atoms with Gasteiger partial charge in [-0.3, -0.25) is 9.59 Å². The Morgan fingerprint density at radius 3 is 2.45 bits per heavy atom. The van der Waals surface area contributed by atoms with Crippen LogP contribution in [0.25, 0.3) is 10.8 Å². The van der Waals surface area contributed by atoms with Gasteiger partial charge in [-0.1, -0.05) is 38.0 Å². The SMILES string of the molecule is CCCCCn1nc(C(=O)Nc2cc(OCC)ccc2OCC)c2ccccc2c1=O. The second-order valence-electron chi connectivity index (χ2n) is 7.11. The van der Waals surface area contributed by atoms with E-state index in [4.69, 9.17) is 9.47 Å². The zero-order chi connectivity index (χ0) is 22.2. The van der Waals surface area contributed by atoms with Gasteiger partial charge < -0.3 is 14.8 Å². The summed E-state index contributed by atoms with van der Waals surface area (Å²) in [5.41, 5.74) is 0.514. The number of ether oxygens (including phenoxy) is 2. The number of amides is 1. The molecule has 0 aliphatic heterocycles. The summed E-state index contributed by atoms with van der Waals surface area (Å²) in [6.45, 7) is 7.32. The van der Waals surface area contributed by atoms with Crippen LogP contribution in [0.3, 0.4) is 0 Å². The molecular formula is C24H29N3O4. The number of nitrogens with zero attached hydrogens (tertiary/aromatic N) is 2. The van der Waals surface area contributed by atoms with Crippen LogP contribution in [0, 0.1) is 0 Å². The number of aryl methyl sites for hydroxylation is 1. The van der Waals surface area contributed by atoms with E-state index in [1.807, 2.05) is 13.8 Å². The van der Waals surface area contributed by atoms with Crippen LogP contribution in [-0.2, 0) is 6.54 Å². The maximum atomic E-state index is 13.3. The summed E-state index contributed by atoms with van der Waals surface area (Å²) in [6, 6.07) is 12.4. The Kier molecular flexibility index (Phi) is 7.65. The van der Waals surface area contributed by atoms with E-state index in [2.05, 4.69) is 17.3 Å². The van der Waals surface area contributed by atoms with Crippen molar-refractivity contribution < 1.29 is 14.3 Å². The fraction of sp³-hybridized carbons (Fsp3) is 0.375. The van der Waals surface area contributed by atoms with Gasteiger partial charge in [0, 0.05) is 18.0 Å². The number of carbonyl (C=O) groups excluding carboxylic acids is 1. The highest BCUT2D eigenvalue weighted by molar-refractivity contribution is 6.11. The second-order valence-corrected chi connectivity index (χ2v) is 7.11. The zero-order valence-corrected chi connectivity index (χ0v) is 18.3. The Morgan fingerprint density at radius 2 is 1.74 bits per heavy atom. The number of hydrogen-bond acceptors (Lipinski definition) is 5. The summed E-state index contributed by atoms with van der Waals surface area (Å²) < 4.78 is 12.6. The molecule has 31 heavy (non-hydrogen) atoms. The van der Waals surface area contributed by atoms with Crippen LogP contribution in [-0.4, -0.2) is 28.9 Å². The van der Waals surface area contributed by atoms with E-state index in [1.54, 1.807) is 42.5 Å². The molecule has 0 aliphatic rings. The Hall–Kier alpha value is -3.35. The molecule has 0 aliphatic carbocycles. The summed E-state index contributed by atoms with van der Waals surface area (Å²) in [7, 11) is 0. The first-order valence-electron chi connectivity index (χ1n) is 10.8. The summed E-state index contributed by atoms with van der Waals surface area (Å²) in [5.74, 6) is 0.763. The Labute approximate surface area is 182 Å². The van der Waals surface area contributed by atoms with Crippen LogP contribution < -0.4 is 20.3 Å². The first-order chi connectivity index (χ1) is 15.1. The average molecular weight is 424 g/mol. The van der Waals surface area contributed by atoms with Gasteiger partial charge in [0.15, 0.2) is 5.69 Å². The van der Waals surface area contributed by atoms with Crippen LogP contribution in [0.15, 0.2) is 47.3 Å². The minimum Gasteiger partial charge on any atom is -0.494 e. The Balaban J connectivity index is 2.01. The first-order valence-corrected chi connectivity index (χ1v) is 10.8. The Morgan fingerprint density at radius 1 is 1.00 bits per heavy atom. The lowest BCUT2D eigenvalue weighted by Crippen LogP contribution is -2.28. The molecule has 0 fully saturated rings. The molecule has 0 saturated carbocycles. The van der Waals surface area contributed by atoms with Crippen molar-refractivity contribution in [1.29, 1.82) is 0 Å². The normalized spacial score (nSPS) is 10.8. The largest absolute Gasteiger partial charge is 0.494 e. The average Bonchev–Trinajstić information content (AvgIpc) is 2.77. The van der Waals surface area contributed by atoms with E-state index < -0.39 is 5.91 Å². The van der Waals surface area contributed by atoms with Crippen LogP contribution in [0.1, 0.15) is 50.5 Å². The van der Waals surface area contributed by atoms with Crippen LogP contribution in [0.5, 0.6) is 11.5 Å². The first kappa shape index (κ1) is 22.3. The van der Waals surface area contributed by atoms with Crippen molar-refractivity contribution in [1.82, 2.24) is 9.78 Å². The molecule has 1 amide bonds. The standard InChI is InChI=1S/C24H29N3O4/c1-4-7-10-15-27-24(29)19-12-9-8-11-18(19)22(26-27)23(28)25-20-16-17(30-5-2)13-14-21(20)31-6-3/h8-9,11-14,16H,4-7,10,15H2,1-3H3,(H,25,28). The van der Waals surface area contributed by atoms with Gasteiger partial charge in [-0.2, -0.15) is 5.10 Å². The maximum Gasteiger partial charge on any atom is 0.276 e. The lowest BCUT2D eigenvalue weighted by molar-refractivity contribution is 0.102. The van der Waals surface area contributed by atoms with Gasteiger partial charge in [0.25, 0.3) is 11.5 Å². The molecule has 7 heteroatoms. The maximum absolute atomic E-state index is 13.3. The van der Waals surface area contributed by atoms with Crippen molar-refractivity contribution in [3.8, 4) is 11.5 Å². The van der Waals surface area contributed by atoms with Crippen LogP contribution >= 0.6 is 0 Å². The lowest BCUT2D eigenvalue weighted by Gasteiger charge is -2.15. The molecule has 3 aromatic rings. The molecule has 0 radical (unpaired) electrons. The topological polar surface area (TPSA) is 82.5 Å². The predicted octanol–water partition coefficient (Wildman–Crippen LogP) is 4.64. The number of anilines is 1. The molecular weight excluding hydrogens is 394 g/mol. The van der Waals surface area contributed by atoms with Gasteiger partial charge in [0.1, 0.15) is 11.5 Å². The molecule has 164 valence electrons. The molecule has 2 aromatic carbocycles. The fourth-order valence-electron chi connectivity index (χ4n) is 3.39. The van der Waals surface area contributed by atoms with Gasteiger partial charge in [-0.15, -0.1) is 0 Å². The van der Waals surface area contributed by atoms with Crippen molar-refractivity contribution in [3.05, 3.63) is 58.5 Å². The predicted molar refractivity (Wildman–Crippen MR) is 122 cm³/mol. The number of benzene rings is 2. The summed E-state index contributed by atoms with van der Waals surface area (Å²) in [5, 5.41) is 8.32. The smallest absolute Gasteiger partial charge is 0.276 e. The molecule has 0 atom stereocenters. The van der Waals surface area contributed by atoms with E-state index in [1.165, 1.54) is 4.68 Å². The quantitative estimate of drug-likeness (QED) is 0.481. The summed E-state index contributed by atoms with van der Waals surface area (Å²) >= 11 is 0. The second kappa shape index (κ2) is 10.6. The third-order valence-corrected chi connectivity index (χ3v) is 4.87. The van der Waals surface area contributed by atoms with Gasteiger partial charge >= 0.3 is 0 Å². The minimum atomic E-state index is -0.407. The van der Waals surface area contributed by atoms with Crippen molar-refractivity contribution in [3.63, 3.8) is 0 Å². The van der Waals surface area contributed by atoms with Crippen molar-refractivity contribution >= 4 is 22.4 Å². The molecule has 0 saturated heterocycles. The molecule has 3 rings (SSSR count).